The Hall–Kier alpha value is -1.88. The van der Waals surface area contributed by atoms with E-state index in [4.69, 9.17) is 4.42 Å². The normalized spacial score (nSPS) is 11.1. The van der Waals surface area contributed by atoms with Gasteiger partial charge in [0.25, 0.3) is 0 Å². The van der Waals surface area contributed by atoms with Crippen molar-refractivity contribution in [1.82, 2.24) is 9.38 Å². The van der Waals surface area contributed by atoms with E-state index >= 15 is 0 Å². The first-order valence-corrected chi connectivity index (χ1v) is 6.64. The number of furan rings is 1. The minimum atomic E-state index is 0.192. The SMILES string of the molecule is O=C(CCc1ccco1)Cc1cn2ccsc2n1. The van der Waals surface area contributed by atoms with Crippen molar-refractivity contribution in [2.45, 2.75) is 19.3 Å². The van der Waals surface area contributed by atoms with Gasteiger partial charge in [-0.3, -0.25) is 9.20 Å². The van der Waals surface area contributed by atoms with Crippen LogP contribution < -0.4 is 0 Å². The number of rotatable bonds is 5. The Balaban J connectivity index is 1.59. The van der Waals surface area contributed by atoms with Crippen molar-refractivity contribution in [2.24, 2.45) is 0 Å². The molecule has 0 fully saturated rings. The highest BCUT2D eigenvalue weighted by molar-refractivity contribution is 7.15. The van der Waals surface area contributed by atoms with Gasteiger partial charge in [0.1, 0.15) is 11.5 Å². The molecule has 3 rings (SSSR count). The van der Waals surface area contributed by atoms with Crippen molar-refractivity contribution in [3.05, 3.63) is 47.6 Å². The zero-order valence-electron chi connectivity index (χ0n) is 9.70. The van der Waals surface area contributed by atoms with Crippen LogP contribution in [0.1, 0.15) is 17.9 Å². The number of imidazole rings is 1. The van der Waals surface area contributed by atoms with Gasteiger partial charge >= 0.3 is 0 Å². The number of aromatic nitrogens is 2. The van der Waals surface area contributed by atoms with Crippen LogP contribution in [0.3, 0.4) is 0 Å². The van der Waals surface area contributed by atoms with Gasteiger partial charge in [-0.25, -0.2) is 4.98 Å². The fourth-order valence-electron chi connectivity index (χ4n) is 1.87. The van der Waals surface area contributed by atoms with E-state index in [0.29, 0.717) is 19.3 Å². The first-order chi connectivity index (χ1) is 8.81. The number of thiazole rings is 1. The van der Waals surface area contributed by atoms with E-state index < -0.39 is 0 Å². The van der Waals surface area contributed by atoms with Gasteiger partial charge in [0.05, 0.1) is 18.4 Å². The monoisotopic (exact) mass is 260 g/mol. The van der Waals surface area contributed by atoms with Crippen molar-refractivity contribution in [3.8, 4) is 0 Å². The van der Waals surface area contributed by atoms with Crippen LogP contribution >= 0.6 is 11.3 Å². The minimum absolute atomic E-state index is 0.192. The lowest BCUT2D eigenvalue weighted by Crippen LogP contribution is -2.04. The molecule has 3 heterocycles. The van der Waals surface area contributed by atoms with Crippen molar-refractivity contribution in [2.75, 3.05) is 0 Å². The topological polar surface area (TPSA) is 47.5 Å². The molecular weight excluding hydrogens is 248 g/mol. The summed E-state index contributed by atoms with van der Waals surface area (Å²) in [5.41, 5.74) is 0.839. The van der Waals surface area contributed by atoms with Crippen LogP contribution in [0.25, 0.3) is 4.96 Å². The van der Waals surface area contributed by atoms with Crippen LogP contribution in [-0.2, 0) is 17.6 Å². The maximum Gasteiger partial charge on any atom is 0.193 e. The number of fused-ring (bicyclic) bond motifs is 1. The highest BCUT2D eigenvalue weighted by Crippen LogP contribution is 2.13. The molecule has 0 aliphatic rings. The predicted octanol–water partition coefficient (Wildman–Crippen LogP) is 2.73. The standard InChI is InChI=1S/C13H12N2O2S/c16-11(3-4-12-2-1-6-17-12)8-10-9-15-5-7-18-13(15)14-10/h1-2,5-7,9H,3-4,8H2. The van der Waals surface area contributed by atoms with Gasteiger partial charge in [-0.15, -0.1) is 11.3 Å². The first kappa shape index (κ1) is 11.2. The summed E-state index contributed by atoms with van der Waals surface area (Å²) in [6, 6.07) is 3.73. The molecule has 0 radical (unpaired) electrons. The van der Waals surface area contributed by atoms with Crippen LogP contribution in [0, 0.1) is 0 Å². The summed E-state index contributed by atoms with van der Waals surface area (Å²) in [6.07, 6.45) is 7.05. The summed E-state index contributed by atoms with van der Waals surface area (Å²) in [7, 11) is 0. The highest BCUT2D eigenvalue weighted by Gasteiger charge is 2.09. The molecule has 0 atom stereocenters. The number of carbonyl (C=O) groups is 1. The van der Waals surface area contributed by atoms with Crippen molar-refractivity contribution in [1.29, 1.82) is 0 Å². The summed E-state index contributed by atoms with van der Waals surface area (Å²) in [6.45, 7) is 0. The van der Waals surface area contributed by atoms with Crippen molar-refractivity contribution in [3.63, 3.8) is 0 Å². The lowest BCUT2D eigenvalue weighted by Gasteiger charge is -1.96. The molecular formula is C13H12N2O2S. The molecule has 0 aromatic carbocycles. The predicted molar refractivity (Wildman–Crippen MR) is 68.8 cm³/mol. The number of aryl methyl sites for hydroxylation is 1. The molecule has 4 nitrogen and oxygen atoms in total. The molecule has 18 heavy (non-hydrogen) atoms. The van der Waals surface area contributed by atoms with Gasteiger partial charge in [0.15, 0.2) is 4.96 Å². The van der Waals surface area contributed by atoms with E-state index in [9.17, 15) is 4.79 Å². The van der Waals surface area contributed by atoms with Gasteiger partial charge < -0.3 is 4.42 Å². The van der Waals surface area contributed by atoms with E-state index in [1.54, 1.807) is 17.6 Å². The Morgan fingerprint density at radius 2 is 2.44 bits per heavy atom. The Kier molecular flexibility index (Phi) is 2.98. The van der Waals surface area contributed by atoms with Crippen LogP contribution in [0.5, 0.6) is 0 Å². The van der Waals surface area contributed by atoms with E-state index in [0.717, 1.165) is 16.4 Å². The van der Waals surface area contributed by atoms with E-state index in [-0.39, 0.29) is 5.78 Å². The average Bonchev–Trinajstić information content (AvgIpc) is 3.01. The summed E-state index contributed by atoms with van der Waals surface area (Å²) in [5.74, 6) is 1.05. The third-order valence-corrected chi connectivity index (χ3v) is 3.52. The summed E-state index contributed by atoms with van der Waals surface area (Å²) in [4.78, 5) is 17.1. The second-order valence-corrected chi connectivity index (χ2v) is 4.99. The molecule has 0 amide bonds. The molecule has 92 valence electrons. The van der Waals surface area contributed by atoms with Crippen LogP contribution in [0.2, 0.25) is 0 Å². The number of nitrogens with zero attached hydrogens (tertiary/aromatic N) is 2. The number of hydrogen-bond donors (Lipinski definition) is 0. The molecule has 0 saturated carbocycles. The summed E-state index contributed by atoms with van der Waals surface area (Å²) >= 11 is 1.57. The van der Waals surface area contributed by atoms with Crippen molar-refractivity contribution < 1.29 is 9.21 Å². The molecule has 0 saturated heterocycles. The molecule has 5 heteroatoms. The van der Waals surface area contributed by atoms with E-state index in [1.807, 2.05) is 34.3 Å². The van der Waals surface area contributed by atoms with Crippen LogP contribution in [0.4, 0.5) is 0 Å². The zero-order chi connectivity index (χ0) is 12.4. The van der Waals surface area contributed by atoms with Gasteiger partial charge in [-0.05, 0) is 12.1 Å². The number of ketones is 1. The summed E-state index contributed by atoms with van der Waals surface area (Å²) in [5, 5.41) is 1.98. The maximum absolute atomic E-state index is 11.8. The molecule has 0 bridgehead atoms. The van der Waals surface area contributed by atoms with Gasteiger partial charge in [0.2, 0.25) is 0 Å². The Morgan fingerprint density at radius 1 is 1.50 bits per heavy atom. The van der Waals surface area contributed by atoms with Gasteiger partial charge in [0, 0.05) is 30.6 Å². The Bertz CT molecular complexity index is 623. The maximum atomic E-state index is 11.8. The molecule has 3 aromatic heterocycles. The first-order valence-electron chi connectivity index (χ1n) is 5.76. The average molecular weight is 260 g/mol. The molecule has 3 aromatic rings. The number of carbonyl (C=O) groups excluding carboxylic acids is 1. The minimum Gasteiger partial charge on any atom is -0.469 e. The smallest absolute Gasteiger partial charge is 0.193 e. The van der Waals surface area contributed by atoms with E-state index in [1.165, 1.54) is 0 Å². The highest BCUT2D eigenvalue weighted by atomic mass is 32.1. The quantitative estimate of drug-likeness (QED) is 0.708. The second-order valence-electron chi connectivity index (χ2n) is 4.12. The fraction of sp³-hybridized carbons (Fsp3) is 0.231. The number of Topliss-reactive ketones (excluding diaryl/α,β-unsaturated/α-hetero) is 1. The molecule has 0 aliphatic carbocycles. The van der Waals surface area contributed by atoms with Crippen molar-refractivity contribution >= 4 is 22.1 Å². The lowest BCUT2D eigenvalue weighted by atomic mass is 10.1. The Labute approximate surface area is 108 Å². The molecule has 0 spiro atoms. The second kappa shape index (κ2) is 4.78. The number of hydrogen-bond acceptors (Lipinski definition) is 4. The molecule has 0 unspecified atom stereocenters. The molecule has 0 N–H and O–H groups in total. The Morgan fingerprint density at radius 3 is 3.22 bits per heavy atom. The van der Waals surface area contributed by atoms with E-state index in [2.05, 4.69) is 4.98 Å². The molecule has 0 aliphatic heterocycles. The van der Waals surface area contributed by atoms with Crippen LogP contribution in [-0.4, -0.2) is 15.2 Å². The zero-order valence-corrected chi connectivity index (χ0v) is 10.5. The largest absolute Gasteiger partial charge is 0.469 e. The van der Waals surface area contributed by atoms with Gasteiger partial charge in [-0.1, -0.05) is 0 Å². The third kappa shape index (κ3) is 2.36. The fourth-order valence-corrected chi connectivity index (χ4v) is 2.59. The van der Waals surface area contributed by atoms with Gasteiger partial charge in [-0.2, -0.15) is 0 Å². The van der Waals surface area contributed by atoms with Crippen LogP contribution in [0.15, 0.2) is 40.6 Å². The summed E-state index contributed by atoms with van der Waals surface area (Å²) < 4.78 is 7.14. The third-order valence-electron chi connectivity index (χ3n) is 2.75. The lowest BCUT2D eigenvalue weighted by molar-refractivity contribution is -0.118.